The van der Waals surface area contributed by atoms with Crippen LogP contribution in [0, 0.1) is 0 Å². The molecule has 0 heterocycles. The molecule has 0 saturated heterocycles. The number of hydrogen-bond acceptors (Lipinski definition) is 4. The van der Waals surface area contributed by atoms with Gasteiger partial charge in [0.25, 0.3) is 0 Å². The summed E-state index contributed by atoms with van der Waals surface area (Å²) in [6.45, 7) is 1.91. The zero-order valence-corrected chi connectivity index (χ0v) is 11.9. The Morgan fingerprint density at radius 2 is 1.23 bits per heavy atom. The van der Waals surface area contributed by atoms with Crippen LogP contribution in [0.1, 0.15) is 44.7 Å². The van der Waals surface area contributed by atoms with Crippen molar-refractivity contribution >= 4 is 23.3 Å². The molecule has 0 radical (unpaired) electrons. The van der Waals surface area contributed by atoms with Crippen LogP contribution in [-0.2, 0) is 0 Å². The monoisotopic (exact) mass is 300 g/mol. The maximum atomic E-state index is 11.0. The van der Waals surface area contributed by atoms with E-state index in [-0.39, 0.29) is 28.4 Å². The molecule has 0 saturated carbocycles. The first-order valence-electron chi connectivity index (χ1n) is 6.56. The lowest BCUT2D eigenvalue weighted by atomic mass is 9.91. The van der Waals surface area contributed by atoms with Gasteiger partial charge in [0.05, 0.1) is 11.1 Å². The van der Waals surface area contributed by atoms with Crippen LogP contribution in [0.5, 0.6) is 0 Å². The third-order valence-corrected chi connectivity index (χ3v) is 3.61. The van der Waals surface area contributed by atoms with Gasteiger partial charge in [-0.1, -0.05) is 19.1 Å². The van der Waals surface area contributed by atoms with Gasteiger partial charge in [-0.15, -0.1) is 0 Å². The highest BCUT2D eigenvalue weighted by atomic mass is 16.4. The van der Waals surface area contributed by atoms with Crippen LogP contribution in [-0.4, -0.2) is 22.2 Å². The molecule has 2 rings (SSSR count). The lowest BCUT2D eigenvalue weighted by Crippen LogP contribution is -2.06. The standard InChI is InChI=1S/C16H16N2O4/c1-8(9-2-4-11(15(19)20)13(17)6-9)10-3-5-12(16(21)22)14(18)7-10/h2-8H,17-18H2,1H3,(H,19,20)(H,21,22). The summed E-state index contributed by atoms with van der Waals surface area (Å²) in [7, 11) is 0. The SMILES string of the molecule is CC(c1ccc(C(=O)O)c(N)c1)c1ccc(C(=O)O)c(N)c1. The van der Waals surface area contributed by atoms with Gasteiger partial charge in [0.15, 0.2) is 0 Å². The summed E-state index contributed by atoms with van der Waals surface area (Å²) in [4.78, 5) is 21.9. The van der Waals surface area contributed by atoms with Crippen molar-refractivity contribution in [1.29, 1.82) is 0 Å². The van der Waals surface area contributed by atoms with Crippen molar-refractivity contribution in [3.05, 3.63) is 58.7 Å². The lowest BCUT2D eigenvalue weighted by Gasteiger charge is -2.15. The van der Waals surface area contributed by atoms with E-state index in [4.69, 9.17) is 21.7 Å². The van der Waals surface area contributed by atoms with Gasteiger partial charge >= 0.3 is 11.9 Å². The average molecular weight is 300 g/mol. The molecule has 0 bridgehead atoms. The topological polar surface area (TPSA) is 127 Å². The Labute approximate surface area is 127 Å². The van der Waals surface area contributed by atoms with Gasteiger partial charge in [0.2, 0.25) is 0 Å². The molecule has 114 valence electrons. The van der Waals surface area contributed by atoms with Gasteiger partial charge in [-0.3, -0.25) is 0 Å². The van der Waals surface area contributed by atoms with E-state index in [1.54, 1.807) is 24.3 Å². The number of carboxylic acid groups (broad SMARTS) is 2. The minimum absolute atomic E-state index is 0.0525. The van der Waals surface area contributed by atoms with Crippen molar-refractivity contribution in [2.75, 3.05) is 11.5 Å². The molecule has 0 aliphatic carbocycles. The largest absolute Gasteiger partial charge is 0.478 e. The molecule has 0 atom stereocenters. The summed E-state index contributed by atoms with van der Waals surface area (Å²) in [6, 6.07) is 9.50. The number of benzene rings is 2. The van der Waals surface area contributed by atoms with Crippen molar-refractivity contribution in [2.45, 2.75) is 12.8 Å². The summed E-state index contributed by atoms with van der Waals surface area (Å²) >= 11 is 0. The number of anilines is 2. The molecular weight excluding hydrogens is 284 g/mol. The number of hydrogen-bond donors (Lipinski definition) is 4. The third-order valence-electron chi connectivity index (χ3n) is 3.61. The first-order valence-corrected chi connectivity index (χ1v) is 6.56. The van der Waals surface area contributed by atoms with E-state index in [1.165, 1.54) is 12.1 Å². The minimum atomic E-state index is -1.08. The highest BCUT2D eigenvalue weighted by Crippen LogP contribution is 2.29. The van der Waals surface area contributed by atoms with E-state index < -0.39 is 11.9 Å². The van der Waals surface area contributed by atoms with Crippen LogP contribution >= 0.6 is 0 Å². The Balaban J connectivity index is 2.38. The third kappa shape index (κ3) is 2.85. The Hall–Kier alpha value is -3.02. The fourth-order valence-electron chi connectivity index (χ4n) is 2.28. The molecule has 22 heavy (non-hydrogen) atoms. The Morgan fingerprint density at radius 3 is 1.50 bits per heavy atom. The lowest BCUT2D eigenvalue weighted by molar-refractivity contribution is 0.0687. The smallest absolute Gasteiger partial charge is 0.337 e. The van der Waals surface area contributed by atoms with E-state index in [9.17, 15) is 9.59 Å². The quantitative estimate of drug-likeness (QED) is 0.642. The molecule has 0 spiro atoms. The normalized spacial score (nSPS) is 10.6. The van der Waals surface area contributed by atoms with Crippen molar-refractivity contribution in [1.82, 2.24) is 0 Å². The van der Waals surface area contributed by atoms with E-state index in [2.05, 4.69) is 0 Å². The van der Waals surface area contributed by atoms with Gasteiger partial charge in [-0.25, -0.2) is 9.59 Å². The Bertz CT molecular complexity index is 692. The number of rotatable bonds is 4. The number of carboxylic acids is 2. The number of nitrogen functional groups attached to an aromatic ring is 2. The maximum Gasteiger partial charge on any atom is 0.337 e. The molecule has 0 unspecified atom stereocenters. The van der Waals surface area contributed by atoms with Crippen molar-refractivity contribution in [2.24, 2.45) is 0 Å². The zero-order valence-electron chi connectivity index (χ0n) is 11.9. The average Bonchev–Trinajstić information content (AvgIpc) is 2.45. The Morgan fingerprint density at radius 1 is 0.864 bits per heavy atom. The van der Waals surface area contributed by atoms with Gasteiger partial charge in [-0.2, -0.15) is 0 Å². The molecule has 6 N–H and O–H groups in total. The second kappa shape index (κ2) is 5.77. The molecule has 2 aromatic rings. The van der Waals surface area contributed by atoms with Crippen LogP contribution in [0.4, 0.5) is 11.4 Å². The van der Waals surface area contributed by atoms with Gasteiger partial charge < -0.3 is 21.7 Å². The molecule has 0 aliphatic heterocycles. The molecule has 0 aromatic heterocycles. The molecule has 2 aromatic carbocycles. The fraction of sp³-hybridized carbons (Fsp3) is 0.125. The van der Waals surface area contributed by atoms with Gasteiger partial charge in [-0.05, 0) is 35.4 Å². The van der Waals surface area contributed by atoms with E-state index in [0.717, 1.165) is 11.1 Å². The summed E-state index contributed by atoms with van der Waals surface area (Å²) in [5.74, 6) is -2.26. The second-order valence-corrected chi connectivity index (χ2v) is 5.03. The second-order valence-electron chi connectivity index (χ2n) is 5.03. The maximum absolute atomic E-state index is 11.0. The summed E-state index contributed by atoms with van der Waals surface area (Å²) in [5.41, 5.74) is 13.6. The zero-order chi connectivity index (χ0) is 16.4. The highest BCUT2D eigenvalue weighted by molar-refractivity contribution is 5.94. The van der Waals surface area contributed by atoms with Crippen LogP contribution in [0.2, 0.25) is 0 Å². The van der Waals surface area contributed by atoms with Crippen LogP contribution < -0.4 is 11.5 Å². The van der Waals surface area contributed by atoms with E-state index in [0.29, 0.717) is 0 Å². The first-order chi connectivity index (χ1) is 10.3. The van der Waals surface area contributed by atoms with Crippen LogP contribution in [0.15, 0.2) is 36.4 Å². The molecule has 6 heteroatoms. The number of aromatic carboxylic acids is 2. The molecule has 0 fully saturated rings. The highest BCUT2D eigenvalue weighted by Gasteiger charge is 2.15. The van der Waals surface area contributed by atoms with Crippen molar-refractivity contribution in [3.63, 3.8) is 0 Å². The molecule has 0 amide bonds. The van der Waals surface area contributed by atoms with Gasteiger partial charge in [0, 0.05) is 17.3 Å². The first kappa shape index (κ1) is 15.4. The summed E-state index contributed by atoms with van der Waals surface area (Å²) in [5, 5.41) is 18.0. The summed E-state index contributed by atoms with van der Waals surface area (Å²) in [6.07, 6.45) is 0. The van der Waals surface area contributed by atoms with Crippen LogP contribution in [0.3, 0.4) is 0 Å². The molecule has 6 nitrogen and oxygen atoms in total. The number of carbonyl (C=O) groups is 2. The predicted molar refractivity (Wildman–Crippen MR) is 83.1 cm³/mol. The molecule has 0 aliphatic rings. The van der Waals surface area contributed by atoms with E-state index >= 15 is 0 Å². The minimum Gasteiger partial charge on any atom is -0.478 e. The predicted octanol–water partition coefficient (Wildman–Crippen LogP) is 2.40. The fourth-order valence-corrected chi connectivity index (χ4v) is 2.28. The van der Waals surface area contributed by atoms with Crippen molar-refractivity contribution < 1.29 is 19.8 Å². The van der Waals surface area contributed by atoms with Crippen molar-refractivity contribution in [3.8, 4) is 0 Å². The molecular formula is C16H16N2O4. The number of nitrogens with two attached hydrogens (primary N) is 2. The van der Waals surface area contributed by atoms with E-state index in [1.807, 2.05) is 6.92 Å². The Kier molecular flexibility index (Phi) is 4.03. The van der Waals surface area contributed by atoms with Gasteiger partial charge in [0.1, 0.15) is 0 Å². The summed E-state index contributed by atoms with van der Waals surface area (Å²) < 4.78 is 0. The van der Waals surface area contributed by atoms with Crippen LogP contribution in [0.25, 0.3) is 0 Å².